The molecule has 0 aliphatic rings. The van der Waals surface area contributed by atoms with Gasteiger partial charge in [0, 0.05) is 0 Å². The summed E-state index contributed by atoms with van der Waals surface area (Å²) in [5.41, 5.74) is 2.73. The fraction of sp³-hybridized carbons (Fsp3) is 0.818. The van der Waals surface area contributed by atoms with Crippen molar-refractivity contribution in [3.8, 4) is 0 Å². The highest BCUT2D eigenvalue weighted by Crippen LogP contribution is 2.13. The predicted molar refractivity (Wildman–Crippen MR) is 105 cm³/mol. The molecule has 0 aliphatic carbocycles. The van der Waals surface area contributed by atoms with Gasteiger partial charge in [-0.05, 0) is 50.7 Å². The zero-order chi connectivity index (χ0) is 17.2. The van der Waals surface area contributed by atoms with E-state index in [2.05, 4.69) is 27.7 Å². The molecule has 0 rings (SSSR count). The van der Waals surface area contributed by atoms with Gasteiger partial charge in [0.15, 0.2) is 0 Å². The van der Waals surface area contributed by atoms with Crippen molar-refractivity contribution < 1.29 is 4.74 Å². The van der Waals surface area contributed by atoms with Crippen molar-refractivity contribution in [3.63, 3.8) is 0 Å². The summed E-state index contributed by atoms with van der Waals surface area (Å²) in [7, 11) is 0. The topological polar surface area (TPSA) is 9.23 Å². The van der Waals surface area contributed by atoms with Gasteiger partial charge in [-0.1, -0.05) is 78.1 Å². The van der Waals surface area contributed by atoms with Gasteiger partial charge in [0.2, 0.25) is 0 Å². The summed E-state index contributed by atoms with van der Waals surface area (Å²) < 4.78 is 5.62. The lowest BCUT2D eigenvalue weighted by Gasteiger charge is -2.04. The van der Waals surface area contributed by atoms with E-state index in [1.165, 1.54) is 101 Å². The van der Waals surface area contributed by atoms with E-state index in [-0.39, 0.29) is 0 Å². The minimum absolute atomic E-state index is 1.18. The second kappa shape index (κ2) is 17.6. The average Bonchev–Trinajstić information content (AvgIpc) is 2.54. The summed E-state index contributed by atoms with van der Waals surface area (Å²) in [4.78, 5) is 0. The van der Waals surface area contributed by atoms with Crippen LogP contribution in [0.4, 0.5) is 0 Å². The largest absolute Gasteiger partial charge is 0.473 e. The van der Waals surface area contributed by atoms with Crippen LogP contribution in [-0.2, 0) is 4.74 Å². The van der Waals surface area contributed by atoms with Crippen LogP contribution in [0.25, 0.3) is 0 Å². The molecule has 1 heteroatoms. The van der Waals surface area contributed by atoms with Crippen LogP contribution in [-0.4, -0.2) is 0 Å². The number of rotatable bonds is 16. The Hall–Kier alpha value is -0.720. The van der Waals surface area contributed by atoms with Gasteiger partial charge < -0.3 is 4.74 Å². The van der Waals surface area contributed by atoms with Crippen molar-refractivity contribution in [2.24, 2.45) is 0 Å². The van der Waals surface area contributed by atoms with Crippen molar-refractivity contribution in [1.82, 2.24) is 0 Å². The van der Waals surface area contributed by atoms with E-state index >= 15 is 0 Å². The molecule has 0 N–H and O–H groups in total. The minimum Gasteiger partial charge on any atom is -0.473 e. The fourth-order valence-corrected chi connectivity index (χ4v) is 2.75. The van der Waals surface area contributed by atoms with Gasteiger partial charge in [-0.25, -0.2) is 0 Å². The quantitative estimate of drug-likeness (QED) is 0.205. The average molecular weight is 323 g/mol. The van der Waals surface area contributed by atoms with Crippen LogP contribution < -0.4 is 0 Å². The molecule has 0 saturated heterocycles. The van der Waals surface area contributed by atoms with Crippen LogP contribution in [0.5, 0.6) is 0 Å². The molecule has 0 bridgehead atoms. The summed E-state index contributed by atoms with van der Waals surface area (Å²) in [5.74, 6) is 0. The molecule has 0 amide bonds. The third-order valence-electron chi connectivity index (χ3n) is 4.39. The monoisotopic (exact) mass is 322 g/mol. The first-order chi connectivity index (χ1) is 11.2. The Kier molecular flexibility index (Phi) is 17.1. The van der Waals surface area contributed by atoms with Crippen LogP contribution in [0, 0.1) is 0 Å². The zero-order valence-corrected chi connectivity index (χ0v) is 16.5. The van der Waals surface area contributed by atoms with E-state index in [0.717, 1.165) is 0 Å². The maximum atomic E-state index is 5.62. The molecular formula is C22H42O. The molecule has 0 spiro atoms. The van der Waals surface area contributed by atoms with Crippen LogP contribution >= 0.6 is 0 Å². The molecule has 0 aromatic carbocycles. The predicted octanol–water partition coefficient (Wildman–Crippen LogP) is 8.31. The van der Waals surface area contributed by atoms with Crippen molar-refractivity contribution in [1.29, 1.82) is 0 Å². The number of hydrogen-bond acceptors (Lipinski definition) is 1. The van der Waals surface area contributed by atoms with E-state index in [9.17, 15) is 0 Å². The lowest BCUT2D eigenvalue weighted by atomic mass is 10.1. The first-order valence-electron chi connectivity index (χ1n) is 10.2. The summed E-state index contributed by atoms with van der Waals surface area (Å²) in [6.45, 7) is 8.91. The van der Waals surface area contributed by atoms with E-state index < -0.39 is 0 Å². The van der Waals surface area contributed by atoms with Gasteiger partial charge in [-0.2, -0.15) is 0 Å². The highest BCUT2D eigenvalue weighted by atomic mass is 16.5. The Labute approximate surface area is 146 Å². The molecule has 0 saturated carbocycles. The maximum absolute atomic E-state index is 5.62. The van der Waals surface area contributed by atoms with Gasteiger partial charge >= 0.3 is 0 Å². The second-order valence-corrected chi connectivity index (χ2v) is 7.10. The Morgan fingerprint density at radius 2 is 0.913 bits per heavy atom. The Morgan fingerprint density at radius 3 is 1.30 bits per heavy atom. The van der Waals surface area contributed by atoms with Crippen molar-refractivity contribution in [2.45, 2.75) is 118 Å². The van der Waals surface area contributed by atoms with Crippen molar-refractivity contribution >= 4 is 0 Å². The standard InChI is InChI=1S/C22H42O/c1-5-7-9-11-13-15-17-21(3)19-23-20-22(4)18-16-14-12-10-8-6-2/h19-20H,5-18H2,1-4H3. The molecule has 0 aromatic heterocycles. The van der Waals surface area contributed by atoms with Crippen LogP contribution in [0.3, 0.4) is 0 Å². The Balaban J connectivity index is 3.58. The van der Waals surface area contributed by atoms with E-state index in [1.54, 1.807) is 0 Å². The molecule has 0 radical (unpaired) electrons. The molecule has 1 nitrogen and oxygen atoms in total. The molecule has 0 fully saturated rings. The Bertz CT molecular complexity index is 271. The van der Waals surface area contributed by atoms with Gasteiger partial charge in [-0.15, -0.1) is 0 Å². The molecule has 0 aliphatic heterocycles. The molecule has 0 atom stereocenters. The van der Waals surface area contributed by atoms with Crippen LogP contribution in [0.2, 0.25) is 0 Å². The van der Waals surface area contributed by atoms with E-state index in [4.69, 9.17) is 4.74 Å². The van der Waals surface area contributed by atoms with Crippen molar-refractivity contribution in [2.75, 3.05) is 0 Å². The normalized spacial score (nSPS) is 12.7. The fourth-order valence-electron chi connectivity index (χ4n) is 2.75. The summed E-state index contributed by atoms with van der Waals surface area (Å²) in [6, 6.07) is 0. The summed E-state index contributed by atoms with van der Waals surface area (Å²) in [6.07, 6.45) is 22.6. The lowest BCUT2D eigenvalue weighted by Crippen LogP contribution is -1.84. The number of unbranched alkanes of at least 4 members (excludes halogenated alkanes) is 10. The highest BCUT2D eigenvalue weighted by molar-refractivity contribution is 4.97. The molecule has 0 unspecified atom stereocenters. The van der Waals surface area contributed by atoms with Gasteiger partial charge in [0.05, 0.1) is 12.5 Å². The molecule has 0 aromatic rings. The maximum Gasteiger partial charge on any atom is 0.0890 e. The van der Waals surface area contributed by atoms with E-state index in [0.29, 0.717) is 0 Å². The van der Waals surface area contributed by atoms with Gasteiger partial charge in [0.25, 0.3) is 0 Å². The first-order valence-corrected chi connectivity index (χ1v) is 10.2. The van der Waals surface area contributed by atoms with Gasteiger partial charge in [0.1, 0.15) is 0 Å². The van der Waals surface area contributed by atoms with Crippen molar-refractivity contribution in [3.05, 3.63) is 23.7 Å². The third-order valence-corrected chi connectivity index (χ3v) is 4.39. The first kappa shape index (κ1) is 22.3. The lowest BCUT2D eigenvalue weighted by molar-refractivity contribution is 0.388. The molecular weight excluding hydrogens is 280 g/mol. The second-order valence-electron chi connectivity index (χ2n) is 7.10. The molecule has 23 heavy (non-hydrogen) atoms. The summed E-state index contributed by atoms with van der Waals surface area (Å²) >= 11 is 0. The van der Waals surface area contributed by atoms with E-state index in [1.807, 2.05) is 12.5 Å². The number of hydrogen-bond donors (Lipinski definition) is 0. The van der Waals surface area contributed by atoms with Gasteiger partial charge in [-0.3, -0.25) is 0 Å². The smallest absolute Gasteiger partial charge is 0.0890 e. The van der Waals surface area contributed by atoms with Crippen LogP contribution in [0.1, 0.15) is 118 Å². The Morgan fingerprint density at radius 1 is 0.565 bits per heavy atom. The number of ether oxygens (including phenoxy) is 1. The van der Waals surface area contributed by atoms with Crippen LogP contribution in [0.15, 0.2) is 23.7 Å². The minimum atomic E-state index is 1.18. The SMILES string of the molecule is CCCCCCCCC(C)=COC=C(C)CCCCCCCC. The summed E-state index contributed by atoms with van der Waals surface area (Å²) in [5, 5.41) is 0. The molecule has 0 heterocycles. The molecule has 136 valence electrons. The highest BCUT2D eigenvalue weighted by Gasteiger charge is 1.95. The number of allylic oxidation sites excluding steroid dienone is 2. The third kappa shape index (κ3) is 17.5. The zero-order valence-electron chi connectivity index (χ0n) is 16.5.